The smallest absolute Gasteiger partial charge is 0.514 e. The highest BCUT2D eigenvalue weighted by Crippen LogP contribution is 2.17. The van der Waals surface area contributed by atoms with E-state index in [-0.39, 0.29) is 11.3 Å². The molecule has 0 saturated carbocycles. The zero-order valence-corrected chi connectivity index (χ0v) is 13.1. The highest BCUT2D eigenvalue weighted by atomic mass is 19.3. The minimum Gasteiger partial charge on any atom is -0.544 e. The molecule has 0 atom stereocenters. The van der Waals surface area contributed by atoms with Gasteiger partial charge in [0.1, 0.15) is 17.3 Å². The molecule has 0 aliphatic rings. The first kappa shape index (κ1) is 19.3. The highest BCUT2D eigenvalue weighted by Gasteiger charge is 2.33. The highest BCUT2D eigenvalue weighted by molar-refractivity contribution is 5.89. The van der Waals surface area contributed by atoms with Gasteiger partial charge in [0.25, 0.3) is 0 Å². The molecule has 24 heavy (non-hydrogen) atoms. The summed E-state index contributed by atoms with van der Waals surface area (Å²) in [5, 5.41) is 10.1. The van der Waals surface area contributed by atoms with Crippen LogP contribution in [0.2, 0.25) is 0 Å². The van der Waals surface area contributed by atoms with Gasteiger partial charge in [0, 0.05) is 0 Å². The van der Waals surface area contributed by atoms with Gasteiger partial charge in [-0.25, -0.2) is 9.59 Å². The predicted molar refractivity (Wildman–Crippen MR) is 73.5 cm³/mol. The van der Waals surface area contributed by atoms with Crippen molar-refractivity contribution in [1.29, 1.82) is 0 Å². The summed E-state index contributed by atoms with van der Waals surface area (Å²) in [4.78, 5) is 33.1. The number of esters is 1. The maximum absolute atomic E-state index is 12.8. The minimum atomic E-state index is -4.28. The predicted octanol–water partition coefficient (Wildman–Crippen LogP) is 1.54. The first-order chi connectivity index (χ1) is 10.9. The molecule has 0 saturated heterocycles. The van der Waals surface area contributed by atoms with E-state index in [4.69, 9.17) is 9.47 Å². The Bertz CT molecular complexity index is 618. The first-order valence-electron chi connectivity index (χ1n) is 6.68. The third-order valence-electron chi connectivity index (χ3n) is 2.36. The van der Waals surface area contributed by atoms with Gasteiger partial charge in [-0.05, 0) is 45.0 Å². The van der Waals surface area contributed by atoms with Crippen LogP contribution in [0, 0.1) is 0 Å². The summed E-state index contributed by atoms with van der Waals surface area (Å²) in [6, 6.07) is 4.74. The standard InChI is InChI=1S/C15H16F2O7/c1-14(2,3)24-13(21)23-10-6-4-9(5-7-10)11(18)22-8-15(16,17)12(19)20/h4-7H,8H2,1-3H3,(H,19,20)/p-1. The Kier molecular flexibility index (Phi) is 5.83. The summed E-state index contributed by atoms with van der Waals surface area (Å²) in [7, 11) is 0. The van der Waals surface area contributed by atoms with Crippen LogP contribution in [0.1, 0.15) is 31.1 Å². The molecule has 0 heterocycles. The fourth-order valence-corrected chi connectivity index (χ4v) is 1.32. The van der Waals surface area contributed by atoms with Crippen LogP contribution in [-0.2, 0) is 14.3 Å². The van der Waals surface area contributed by atoms with E-state index in [9.17, 15) is 28.3 Å². The number of aliphatic carboxylic acids is 1. The normalized spacial score (nSPS) is 11.5. The van der Waals surface area contributed by atoms with E-state index in [2.05, 4.69) is 4.74 Å². The van der Waals surface area contributed by atoms with Gasteiger partial charge < -0.3 is 24.1 Å². The lowest BCUT2D eigenvalue weighted by Crippen LogP contribution is -2.45. The topological polar surface area (TPSA) is 102 Å². The van der Waals surface area contributed by atoms with Crippen molar-refractivity contribution in [2.75, 3.05) is 6.61 Å². The Hall–Kier alpha value is -2.71. The molecule has 0 aromatic heterocycles. The third kappa shape index (κ3) is 6.19. The van der Waals surface area contributed by atoms with Crippen molar-refractivity contribution < 1.29 is 42.5 Å². The number of hydrogen-bond acceptors (Lipinski definition) is 7. The first-order valence-corrected chi connectivity index (χ1v) is 6.68. The molecule has 0 N–H and O–H groups in total. The van der Waals surface area contributed by atoms with Crippen molar-refractivity contribution in [3.05, 3.63) is 29.8 Å². The lowest BCUT2D eigenvalue weighted by molar-refractivity contribution is -0.331. The van der Waals surface area contributed by atoms with Crippen molar-refractivity contribution in [2.24, 2.45) is 0 Å². The maximum Gasteiger partial charge on any atom is 0.514 e. The Labute approximate surface area is 136 Å². The van der Waals surface area contributed by atoms with Gasteiger partial charge in [-0.1, -0.05) is 0 Å². The monoisotopic (exact) mass is 345 g/mol. The van der Waals surface area contributed by atoms with Crippen molar-refractivity contribution in [3.8, 4) is 5.75 Å². The fourth-order valence-electron chi connectivity index (χ4n) is 1.32. The average Bonchev–Trinajstić information content (AvgIpc) is 2.43. The van der Waals surface area contributed by atoms with Crippen molar-refractivity contribution in [2.45, 2.75) is 32.3 Å². The molecule has 0 aliphatic heterocycles. The van der Waals surface area contributed by atoms with E-state index in [1.165, 1.54) is 12.1 Å². The number of alkyl halides is 2. The van der Waals surface area contributed by atoms with Crippen LogP contribution in [0.5, 0.6) is 5.75 Å². The average molecular weight is 345 g/mol. The van der Waals surface area contributed by atoms with E-state index >= 15 is 0 Å². The molecule has 0 radical (unpaired) electrons. The third-order valence-corrected chi connectivity index (χ3v) is 2.36. The van der Waals surface area contributed by atoms with Crippen molar-refractivity contribution >= 4 is 18.1 Å². The van der Waals surface area contributed by atoms with Crippen LogP contribution in [0.15, 0.2) is 24.3 Å². The molecule has 0 fully saturated rings. The molecule has 132 valence electrons. The number of carboxylic acids is 1. The summed E-state index contributed by atoms with van der Waals surface area (Å²) in [6.07, 6.45) is -0.952. The number of rotatable bonds is 5. The zero-order chi connectivity index (χ0) is 18.5. The van der Waals surface area contributed by atoms with Gasteiger partial charge in [0.05, 0.1) is 5.56 Å². The molecule has 1 aromatic rings. The van der Waals surface area contributed by atoms with E-state index in [1.807, 2.05) is 0 Å². The zero-order valence-electron chi connectivity index (χ0n) is 13.1. The summed E-state index contributed by atoms with van der Waals surface area (Å²) >= 11 is 0. The van der Waals surface area contributed by atoms with Gasteiger partial charge in [0.15, 0.2) is 6.61 Å². The molecular formula is C15H15F2O7-. The van der Waals surface area contributed by atoms with Gasteiger partial charge in [-0.2, -0.15) is 8.78 Å². The molecule has 0 bridgehead atoms. The largest absolute Gasteiger partial charge is 0.544 e. The second-order valence-electron chi connectivity index (χ2n) is 5.66. The Morgan fingerprint density at radius 3 is 2.08 bits per heavy atom. The van der Waals surface area contributed by atoms with Gasteiger partial charge in [0.2, 0.25) is 0 Å². The molecule has 9 heteroatoms. The molecule has 0 aliphatic carbocycles. The van der Waals surface area contributed by atoms with Crippen LogP contribution in [-0.4, -0.2) is 36.2 Å². The summed E-state index contributed by atoms with van der Waals surface area (Å²) in [5.74, 6) is -8.04. The maximum atomic E-state index is 12.8. The molecule has 0 unspecified atom stereocenters. The van der Waals surface area contributed by atoms with Gasteiger partial charge >= 0.3 is 18.0 Å². The van der Waals surface area contributed by atoms with Crippen molar-refractivity contribution in [1.82, 2.24) is 0 Å². The second kappa shape index (κ2) is 7.24. The van der Waals surface area contributed by atoms with E-state index in [1.54, 1.807) is 20.8 Å². The van der Waals surface area contributed by atoms with Crippen LogP contribution in [0.4, 0.5) is 13.6 Å². The Balaban J connectivity index is 2.62. The summed E-state index contributed by atoms with van der Waals surface area (Å²) in [5.41, 5.74) is -0.883. The van der Waals surface area contributed by atoms with Crippen LogP contribution >= 0.6 is 0 Å². The fraction of sp³-hybridized carbons (Fsp3) is 0.400. The number of benzene rings is 1. The number of hydrogen-bond donors (Lipinski definition) is 0. The number of carbonyl (C=O) groups excluding carboxylic acids is 3. The van der Waals surface area contributed by atoms with Crippen LogP contribution < -0.4 is 9.84 Å². The molecule has 1 aromatic carbocycles. The SMILES string of the molecule is CC(C)(C)OC(=O)Oc1ccc(C(=O)OCC(F)(F)C(=O)[O-])cc1. The number of halogens is 2. The quantitative estimate of drug-likeness (QED) is 0.589. The molecular weight excluding hydrogens is 330 g/mol. The minimum absolute atomic E-state index is 0.0564. The number of carbonyl (C=O) groups is 3. The van der Waals surface area contributed by atoms with Gasteiger partial charge in [-0.3, -0.25) is 0 Å². The van der Waals surface area contributed by atoms with E-state index in [0.717, 1.165) is 12.1 Å². The Morgan fingerprint density at radius 1 is 1.08 bits per heavy atom. The molecule has 1 rings (SSSR count). The number of carboxylic acid groups (broad SMARTS) is 1. The van der Waals surface area contributed by atoms with Crippen LogP contribution in [0.3, 0.4) is 0 Å². The number of ether oxygens (including phenoxy) is 3. The van der Waals surface area contributed by atoms with E-state index < -0.39 is 36.2 Å². The molecule has 0 spiro atoms. The molecule has 0 amide bonds. The molecule has 7 nitrogen and oxygen atoms in total. The van der Waals surface area contributed by atoms with Gasteiger partial charge in [-0.15, -0.1) is 0 Å². The summed E-state index contributed by atoms with van der Waals surface area (Å²) in [6.45, 7) is 3.30. The Morgan fingerprint density at radius 2 is 1.62 bits per heavy atom. The second-order valence-corrected chi connectivity index (χ2v) is 5.66. The van der Waals surface area contributed by atoms with Crippen LogP contribution in [0.25, 0.3) is 0 Å². The lowest BCUT2D eigenvalue weighted by atomic mass is 10.2. The van der Waals surface area contributed by atoms with Crippen molar-refractivity contribution in [3.63, 3.8) is 0 Å². The van der Waals surface area contributed by atoms with E-state index in [0.29, 0.717) is 0 Å². The summed E-state index contributed by atoms with van der Waals surface area (Å²) < 4.78 is 39.5. The lowest BCUT2D eigenvalue weighted by Gasteiger charge is -2.18.